The molecule has 35 heavy (non-hydrogen) atoms. The minimum Gasteiger partial charge on any atom is -0.859 e. The lowest BCUT2D eigenvalue weighted by molar-refractivity contribution is -0.690. The van der Waals surface area contributed by atoms with Gasteiger partial charge >= 0.3 is 0 Å². The Hall–Kier alpha value is -3.88. The Labute approximate surface area is 207 Å². The second-order valence-corrected chi connectivity index (χ2v) is 8.69. The highest BCUT2D eigenvalue weighted by molar-refractivity contribution is 7.71. The molecule has 0 aliphatic carbocycles. The maximum atomic E-state index is 14.0. The Morgan fingerprint density at radius 3 is 2.06 bits per heavy atom. The highest BCUT2D eigenvalue weighted by Gasteiger charge is 2.30. The van der Waals surface area contributed by atoms with Crippen molar-refractivity contribution in [2.75, 3.05) is 20.8 Å². The summed E-state index contributed by atoms with van der Waals surface area (Å²) in [5, 5.41) is 16.0. The third-order valence-corrected chi connectivity index (χ3v) is 6.79. The van der Waals surface area contributed by atoms with E-state index in [-0.39, 0.29) is 10.3 Å². The zero-order chi connectivity index (χ0) is 24.5. The number of aromatic nitrogens is 2. The number of methoxy groups -OCH3 is 2. The van der Waals surface area contributed by atoms with Gasteiger partial charge in [0.15, 0.2) is 4.77 Å². The van der Waals surface area contributed by atoms with Crippen molar-refractivity contribution in [3.8, 4) is 28.8 Å². The molecule has 2 heterocycles. The number of fused-ring (bicyclic) bond motifs is 1. The monoisotopic (exact) mass is 487 g/mol. The van der Waals surface area contributed by atoms with E-state index in [0.29, 0.717) is 22.9 Å². The molecular weight excluding hydrogens is 462 g/mol. The van der Waals surface area contributed by atoms with Gasteiger partial charge in [-0.25, -0.2) is 0 Å². The zero-order valence-electron chi connectivity index (χ0n) is 19.4. The van der Waals surface area contributed by atoms with Crippen LogP contribution in [-0.2, 0) is 6.42 Å². The SMILES string of the molecule is COc1ccc(-n2c([O-])c([C@@H]3[NH2+]CCc4ccccc43)c(=O)n(-c3ccc(OC)cc3)c2=S)cc1. The van der Waals surface area contributed by atoms with Crippen LogP contribution < -0.4 is 25.5 Å². The molecule has 1 aliphatic heterocycles. The summed E-state index contributed by atoms with van der Waals surface area (Å²) in [6.45, 7) is 0.779. The molecule has 0 radical (unpaired) electrons. The van der Waals surface area contributed by atoms with E-state index in [9.17, 15) is 9.90 Å². The summed E-state index contributed by atoms with van der Waals surface area (Å²) in [7, 11) is 3.16. The minimum absolute atomic E-state index is 0.100. The largest absolute Gasteiger partial charge is 0.859 e. The average molecular weight is 488 g/mol. The molecule has 8 heteroatoms. The second kappa shape index (κ2) is 9.40. The first-order valence-electron chi connectivity index (χ1n) is 11.3. The van der Waals surface area contributed by atoms with Crippen LogP contribution in [-0.4, -0.2) is 29.9 Å². The molecule has 7 nitrogen and oxygen atoms in total. The number of ether oxygens (including phenoxy) is 2. The smallest absolute Gasteiger partial charge is 0.267 e. The van der Waals surface area contributed by atoms with E-state index >= 15 is 0 Å². The molecule has 1 aromatic heterocycles. The summed E-state index contributed by atoms with van der Waals surface area (Å²) in [5.74, 6) is 0.907. The van der Waals surface area contributed by atoms with Gasteiger partial charge in [-0.05, 0) is 72.2 Å². The van der Waals surface area contributed by atoms with E-state index in [0.717, 1.165) is 24.1 Å². The quantitative estimate of drug-likeness (QED) is 0.438. The van der Waals surface area contributed by atoms with Gasteiger partial charge in [-0.3, -0.25) is 9.36 Å². The van der Waals surface area contributed by atoms with Crippen molar-refractivity contribution in [2.24, 2.45) is 0 Å². The Morgan fingerprint density at radius 2 is 1.46 bits per heavy atom. The number of hydrogen-bond donors (Lipinski definition) is 1. The van der Waals surface area contributed by atoms with Crippen LogP contribution in [0.4, 0.5) is 0 Å². The second-order valence-electron chi connectivity index (χ2n) is 8.32. The van der Waals surface area contributed by atoms with E-state index in [1.807, 2.05) is 18.2 Å². The van der Waals surface area contributed by atoms with Gasteiger partial charge in [0, 0.05) is 17.7 Å². The summed E-state index contributed by atoms with van der Waals surface area (Å²) >= 11 is 5.75. The summed E-state index contributed by atoms with van der Waals surface area (Å²) in [5.41, 5.74) is 3.02. The van der Waals surface area contributed by atoms with Crippen LogP contribution in [0.25, 0.3) is 11.4 Å². The number of nitrogens with zero attached hydrogens (tertiary/aromatic N) is 2. The Morgan fingerprint density at radius 1 is 0.886 bits per heavy atom. The maximum absolute atomic E-state index is 14.0. The number of rotatable bonds is 5. The first kappa shape index (κ1) is 22.9. The molecule has 0 saturated carbocycles. The number of quaternary nitrogens is 1. The molecule has 178 valence electrons. The fourth-order valence-electron chi connectivity index (χ4n) is 4.66. The summed E-state index contributed by atoms with van der Waals surface area (Å²) in [4.78, 5) is 14.0. The van der Waals surface area contributed by atoms with E-state index in [1.54, 1.807) is 62.8 Å². The van der Waals surface area contributed by atoms with Crippen molar-refractivity contribution in [1.82, 2.24) is 9.13 Å². The topological polar surface area (TPSA) is 85.1 Å². The van der Waals surface area contributed by atoms with Crippen LogP contribution in [0.1, 0.15) is 22.7 Å². The van der Waals surface area contributed by atoms with E-state index in [2.05, 4.69) is 11.4 Å². The third kappa shape index (κ3) is 4.00. The predicted octanol–water partition coefficient (Wildman–Crippen LogP) is 2.66. The van der Waals surface area contributed by atoms with Crippen molar-refractivity contribution < 1.29 is 19.9 Å². The highest BCUT2D eigenvalue weighted by Crippen LogP contribution is 2.30. The summed E-state index contributed by atoms with van der Waals surface area (Å²) < 4.78 is 13.5. The van der Waals surface area contributed by atoms with Crippen molar-refractivity contribution in [3.63, 3.8) is 0 Å². The normalized spacial score (nSPS) is 14.9. The van der Waals surface area contributed by atoms with Gasteiger partial charge in [0.05, 0.1) is 32.0 Å². The van der Waals surface area contributed by atoms with Gasteiger partial charge in [-0.15, -0.1) is 0 Å². The van der Waals surface area contributed by atoms with Crippen LogP contribution in [0.15, 0.2) is 77.6 Å². The fraction of sp³-hybridized carbons (Fsp3) is 0.185. The van der Waals surface area contributed by atoms with E-state index in [4.69, 9.17) is 21.7 Å². The molecule has 3 aromatic carbocycles. The van der Waals surface area contributed by atoms with Gasteiger partial charge in [-0.1, -0.05) is 24.3 Å². The predicted molar refractivity (Wildman–Crippen MR) is 134 cm³/mol. The van der Waals surface area contributed by atoms with Crippen LogP contribution in [0, 0.1) is 4.77 Å². The van der Waals surface area contributed by atoms with Crippen LogP contribution in [0.3, 0.4) is 0 Å². The number of hydrogen-bond acceptors (Lipinski definition) is 5. The Bertz CT molecular complexity index is 1490. The molecule has 0 unspecified atom stereocenters. The lowest BCUT2D eigenvalue weighted by Gasteiger charge is -2.30. The fourth-order valence-corrected chi connectivity index (χ4v) is 5.04. The molecule has 4 aromatic rings. The van der Waals surface area contributed by atoms with Crippen LogP contribution >= 0.6 is 12.2 Å². The summed E-state index contributed by atoms with van der Waals surface area (Å²) in [6.07, 6.45) is 0.880. The van der Waals surface area contributed by atoms with Gasteiger partial charge in [0.1, 0.15) is 17.5 Å². The van der Waals surface area contributed by atoms with Crippen LogP contribution in [0.2, 0.25) is 0 Å². The van der Waals surface area contributed by atoms with Gasteiger partial charge in [0.25, 0.3) is 5.56 Å². The summed E-state index contributed by atoms with van der Waals surface area (Å²) in [6, 6.07) is 21.7. The zero-order valence-corrected chi connectivity index (χ0v) is 20.2. The molecule has 5 rings (SSSR count). The lowest BCUT2D eigenvalue weighted by atomic mass is 9.90. The van der Waals surface area contributed by atoms with E-state index < -0.39 is 17.5 Å². The first-order chi connectivity index (χ1) is 17.0. The number of benzene rings is 3. The van der Waals surface area contributed by atoms with Crippen LogP contribution in [0.5, 0.6) is 17.4 Å². The standard InChI is InChI=1S/C27H25N3O4S/c1-33-20-11-7-18(8-12-20)29-25(31)23(24-22-6-4-3-5-17(22)15-16-28-24)26(32)30(27(29)35)19-9-13-21(34-2)14-10-19/h3-14,24,28,31H,15-16H2,1-2H3/t24-/m1/s1. The molecule has 0 spiro atoms. The molecule has 0 saturated heterocycles. The molecule has 0 bridgehead atoms. The maximum Gasteiger partial charge on any atom is 0.267 e. The van der Waals surface area contributed by atoms with Crippen molar-refractivity contribution in [1.29, 1.82) is 0 Å². The molecule has 1 atom stereocenters. The number of nitrogens with two attached hydrogens (primary N) is 1. The van der Waals surface area contributed by atoms with Crippen molar-refractivity contribution >= 4 is 12.2 Å². The van der Waals surface area contributed by atoms with Gasteiger partial charge in [0.2, 0.25) is 0 Å². The molecule has 1 aliphatic rings. The van der Waals surface area contributed by atoms with Gasteiger partial charge < -0.3 is 24.5 Å². The Kier molecular flexibility index (Phi) is 6.15. The molecule has 0 amide bonds. The van der Waals surface area contributed by atoms with Crippen molar-refractivity contribution in [2.45, 2.75) is 12.5 Å². The Balaban J connectivity index is 1.81. The lowest BCUT2D eigenvalue weighted by Crippen LogP contribution is -2.87. The third-order valence-electron chi connectivity index (χ3n) is 6.43. The highest BCUT2D eigenvalue weighted by atomic mass is 32.1. The first-order valence-corrected chi connectivity index (χ1v) is 11.7. The minimum atomic E-state index is -0.426. The average Bonchev–Trinajstić information content (AvgIpc) is 2.89. The van der Waals surface area contributed by atoms with Gasteiger partial charge in [-0.2, -0.15) is 0 Å². The molecule has 0 fully saturated rings. The van der Waals surface area contributed by atoms with Crippen molar-refractivity contribution in [3.05, 3.63) is 105 Å². The molecular formula is C27H25N3O4S. The molecule has 2 N–H and O–H groups in total. The van der Waals surface area contributed by atoms with E-state index in [1.165, 1.54) is 9.13 Å².